The molecule has 1 saturated heterocycles. The molecule has 2 aromatic rings. The fourth-order valence-electron chi connectivity index (χ4n) is 2.91. The topological polar surface area (TPSA) is 60.6 Å². The Hall–Kier alpha value is -2.01. The molecule has 3 heterocycles. The van der Waals surface area contributed by atoms with E-state index in [0.717, 1.165) is 54.0 Å². The second-order valence-electron chi connectivity index (χ2n) is 5.39. The molecular weight excluding hydrogens is 254 g/mol. The van der Waals surface area contributed by atoms with Crippen LogP contribution in [0.25, 0.3) is 10.8 Å². The first kappa shape index (κ1) is 11.8. The Labute approximate surface area is 117 Å². The van der Waals surface area contributed by atoms with E-state index in [9.17, 15) is 0 Å². The highest BCUT2D eigenvalue weighted by Crippen LogP contribution is 2.38. The summed E-state index contributed by atoms with van der Waals surface area (Å²) in [5.41, 5.74) is 5.98. The molecule has 5 heteroatoms. The van der Waals surface area contributed by atoms with Crippen LogP contribution in [0.5, 0.6) is 11.5 Å². The van der Waals surface area contributed by atoms with Crippen molar-refractivity contribution in [3.8, 4) is 11.5 Å². The number of piperidine rings is 1. The van der Waals surface area contributed by atoms with Crippen molar-refractivity contribution < 1.29 is 9.47 Å². The number of nitrogens with zero attached hydrogens (tertiary/aromatic N) is 2. The van der Waals surface area contributed by atoms with Crippen LogP contribution >= 0.6 is 0 Å². The molecule has 5 nitrogen and oxygen atoms in total. The molecule has 4 rings (SSSR count). The molecule has 0 spiro atoms. The number of ether oxygens (including phenoxy) is 2. The van der Waals surface area contributed by atoms with Gasteiger partial charge in [-0.05, 0) is 36.4 Å². The van der Waals surface area contributed by atoms with Crippen molar-refractivity contribution in [3.63, 3.8) is 0 Å². The van der Waals surface area contributed by atoms with Gasteiger partial charge in [-0.2, -0.15) is 0 Å². The molecule has 0 atom stereocenters. The zero-order chi connectivity index (χ0) is 13.5. The molecule has 0 unspecified atom stereocenters. The Morgan fingerprint density at radius 3 is 2.70 bits per heavy atom. The predicted octanol–water partition coefficient (Wildman–Crippen LogP) is 1.89. The van der Waals surface area contributed by atoms with Crippen LogP contribution < -0.4 is 20.1 Å². The van der Waals surface area contributed by atoms with Crippen LogP contribution in [0.4, 0.5) is 5.82 Å². The van der Waals surface area contributed by atoms with Gasteiger partial charge in [-0.15, -0.1) is 0 Å². The summed E-state index contributed by atoms with van der Waals surface area (Å²) >= 11 is 0. The highest BCUT2D eigenvalue weighted by atomic mass is 16.7. The van der Waals surface area contributed by atoms with Gasteiger partial charge in [-0.25, -0.2) is 4.98 Å². The number of benzene rings is 1. The zero-order valence-electron chi connectivity index (χ0n) is 11.2. The van der Waals surface area contributed by atoms with Crippen molar-refractivity contribution >= 4 is 16.6 Å². The largest absolute Gasteiger partial charge is 0.454 e. The Morgan fingerprint density at radius 1 is 1.15 bits per heavy atom. The Kier molecular flexibility index (Phi) is 2.67. The summed E-state index contributed by atoms with van der Waals surface area (Å²) in [6.45, 7) is 2.22. The van der Waals surface area contributed by atoms with E-state index in [2.05, 4.69) is 9.88 Å². The van der Waals surface area contributed by atoms with E-state index in [4.69, 9.17) is 15.2 Å². The summed E-state index contributed by atoms with van der Waals surface area (Å²) in [5.74, 6) is 2.64. The molecule has 1 aromatic carbocycles. The van der Waals surface area contributed by atoms with Gasteiger partial charge in [0.15, 0.2) is 11.5 Å². The summed E-state index contributed by atoms with van der Waals surface area (Å²) in [4.78, 5) is 6.88. The third-order valence-corrected chi connectivity index (χ3v) is 4.08. The van der Waals surface area contributed by atoms with E-state index >= 15 is 0 Å². The average molecular weight is 271 g/mol. The van der Waals surface area contributed by atoms with Crippen molar-refractivity contribution in [3.05, 3.63) is 24.4 Å². The molecule has 0 saturated carbocycles. The highest BCUT2D eigenvalue weighted by molar-refractivity contribution is 5.94. The van der Waals surface area contributed by atoms with Crippen molar-refractivity contribution in [2.24, 2.45) is 5.73 Å². The SMILES string of the molecule is NC1CCN(c2nccc3cc4c(cc23)OCO4)CC1. The molecule has 0 aliphatic carbocycles. The van der Waals surface area contributed by atoms with Gasteiger partial charge in [-0.3, -0.25) is 0 Å². The molecular formula is C15H17N3O2. The summed E-state index contributed by atoms with van der Waals surface area (Å²) < 4.78 is 10.9. The molecule has 2 N–H and O–H groups in total. The first-order valence-corrected chi connectivity index (χ1v) is 7.00. The molecule has 0 amide bonds. The number of pyridine rings is 1. The van der Waals surface area contributed by atoms with Crippen LogP contribution in [0.3, 0.4) is 0 Å². The second kappa shape index (κ2) is 4.52. The van der Waals surface area contributed by atoms with Crippen LogP contribution in [0.1, 0.15) is 12.8 Å². The second-order valence-corrected chi connectivity index (χ2v) is 5.39. The lowest BCUT2D eigenvalue weighted by atomic mass is 10.0. The van der Waals surface area contributed by atoms with E-state index < -0.39 is 0 Å². The zero-order valence-corrected chi connectivity index (χ0v) is 11.2. The van der Waals surface area contributed by atoms with Gasteiger partial charge in [-0.1, -0.05) is 0 Å². The van der Waals surface area contributed by atoms with Gasteiger partial charge in [0.1, 0.15) is 5.82 Å². The minimum atomic E-state index is 0.299. The Balaban J connectivity index is 1.79. The van der Waals surface area contributed by atoms with Crippen LogP contribution in [0, 0.1) is 0 Å². The molecule has 20 heavy (non-hydrogen) atoms. The van der Waals surface area contributed by atoms with E-state index in [1.807, 2.05) is 24.4 Å². The van der Waals surface area contributed by atoms with Gasteiger partial charge in [0.2, 0.25) is 6.79 Å². The van der Waals surface area contributed by atoms with E-state index in [1.54, 1.807) is 0 Å². The lowest BCUT2D eigenvalue weighted by Crippen LogP contribution is -2.40. The molecule has 1 aromatic heterocycles. The van der Waals surface area contributed by atoms with Crippen LogP contribution in [-0.4, -0.2) is 30.9 Å². The first-order valence-electron chi connectivity index (χ1n) is 7.00. The number of nitrogens with two attached hydrogens (primary N) is 1. The Morgan fingerprint density at radius 2 is 1.90 bits per heavy atom. The first-order chi connectivity index (χ1) is 9.81. The predicted molar refractivity (Wildman–Crippen MR) is 77.3 cm³/mol. The molecule has 2 aliphatic rings. The molecule has 0 radical (unpaired) electrons. The molecule has 0 bridgehead atoms. The standard InChI is InChI=1S/C15H17N3O2/c16-11-2-5-18(6-3-11)15-12-8-14-13(19-9-20-14)7-10(12)1-4-17-15/h1,4,7-8,11H,2-3,5-6,9,16H2. The molecule has 1 fully saturated rings. The van der Waals surface area contributed by atoms with Crippen molar-refractivity contribution in [1.29, 1.82) is 0 Å². The van der Waals surface area contributed by atoms with Crippen molar-refractivity contribution in [1.82, 2.24) is 4.98 Å². The van der Waals surface area contributed by atoms with Crippen LogP contribution in [0.15, 0.2) is 24.4 Å². The van der Waals surface area contributed by atoms with E-state index in [0.29, 0.717) is 12.8 Å². The van der Waals surface area contributed by atoms with Gasteiger partial charge >= 0.3 is 0 Å². The number of aromatic nitrogens is 1. The highest BCUT2D eigenvalue weighted by Gasteiger charge is 2.21. The lowest BCUT2D eigenvalue weighted by molar-refractivity contribution is 0.174. The maximum Gasteiger partial charge on any atom is 0.231 e. The minimum absolute atomic E-state index is 0.299. The number of anilines is 1. The van der Waals surface area contributed by atoms with Crippen LogP contribution in [-0.2, 0) is 0 Å². The monoisotopic (exact) mass is 271 g/mol. The number of rotatable bonds is 1. The maximum atomic E-state index is 5.98. The van der Waals surface area contributed by atoms with E-state index in [1.165, 1.54) is 0 Å². The van der Waals surface area contributed by atoms with Crippen LogP contribution in [0.2, 0.25) is 0 Å². The minimum Gasteiger partial charge on any atom is -0.454 e. The van der Waals surface area contributed by atoms with Crippen molar-refractivity contribution in [2.75, 3.05) is 24.8 Å². The smallest absolute Gasteiger partial charge is 0.231 e. The number of hydrogen-bond donors (Lipinski definition) is 1. The summed E-state index contributed by atoms with van der Waals surface area (Å²) in [6.07, 6.45) is 3.89. The lowest BCUT2D eigenvalue weighted by Gasteiger charge is -2.31. The fourth-order valence-corrected chi connectivity index (χ4v) is 2.91. The summed E-state index contributed by atoms with van der Waals surface area (Å²) in [5, 5.41) is 2.25. The van der Waals surface area contributed by atoms with Gasteiger partial charge in [0.05, 0.1) is 0 Å². The summed E-state index contributed by atoms with van der Waals surface area (Å²) in [6, 6.07) is 6.39. The van der Waals surface area contributed by atoms with Gasteiger partial charge in [0.25, 0.3) is 0 Å². The van der Waals surface area contributed by atoms with Crippen molar-refractivity contribution in [2.45, 2.75) is 18.9 Å². The van der Waals surface area contributed by atoms with Gasteiger partial charge in [0, 0.05) is 30.7 Å². The third kappa shape index (κ3) is 1.86. The fraction of sp³-hybridized carbons (Fsp3) is 0.400. The van der Waals surface area contributed by atoms with Gasteiger partial charge < -0.3 is 20.1 Å². The summed E-state index contributed by atoms with van der Waals surface area (Å²) in [7, 11) is 0. The third-order valence-electron chi connectivity index (χ3n) is 4.08. The van der Waals surface area contributed by atoms with E-state index in [-0.39, 0.29) is 0 Å². The quantitative estimate of drug-likeness (QED) is 0.858. The maximum absolute atomic E-state index is 5.98. The molecule has 104 valence electrons. The number of hydrogen-bond acceptors (Lipinski definition) is 5. The Bertz CT molecular complexity index is 651. The average Bonchev–Trinajstić information content (AvgIpc) is 2.92. The number of fused-ring (bicyclic) bond motifs is 2. The normalized spacial score (nSPS) is 18.8. The molecule has 2 aliphatic heterocycles.